The Morgan fingerprint density at radius 1 is 1.10 bits per heavy atom. The second-order valence-electron chi connectivity index (χ2n) is 6.17. The van der Waals surface area contributed by atoms with E-state index in [1.807, 2.05) is 29.2 Å². The molecule has 2 aliphatic rings. The number of hydrogen-bond donors (Lipinski definition) is 0. The van der Waals surface area contributed by atoms with E-state index in [4.69, 9.17) is 0 Å². The van der Waals surface area contributed by atoms with Gasteiger partial charge in [-0.1, -0.05) is 6.92 Å². The Labute approximate surface area is 125 Å². The first-order valence-corrected chi connectivity index (χ1v) is 7.85. The summed E-state index contributed by atoms with van der Waals surface area (Å²) in [5, 5.41) is 0. The first-order valence-electron chi connectivity index (χ1n) is 7.85. The van der Waals surface area contributed by atoms with Crippen molar-refractivity contribution in [1.29, 1.82) is 0 Å². The lowest BCUT2D eigenvalue weighted by atomic mass is 9.98. The maximum Gasteiger partial charge on any atom is 0.253 e. The first kappa shape index (κ1) is 14.1. The predicted molar refractivity (Wildman–Crippen MR) is 82.3 cm³/mol. The standard InChI is InChI=1S/C17H22N2O2/c1-13-8-11-18(12-9-13)17(21)14-4-6-15(7-5-14)19-10-2-3-16(19)20/h4-7,13H,2-3,8-12H2,1H3. The van der Waals surface area contributed by atoms with Gasteiger partial charge in [0.25, 0.3) is 5.91 Å². The lowest BCUT2D eigenvalue weighted by Crippen LogP contribution is -2.37. The third-order valence-corrected chi connectivity index (χ3v) is 4.57. The number of carbonyl (C=O) groups is 2. The zero-order chi connectivity index (χ0) is 14.8. The van der Waals surface area contributed by atoms with E-state index in [1.165, 1.54) is 0 Å². The van der Waals surface area contributed by atoms with Crippen LogP contribution in [0.1, 0.15) is 43.0 Å². The van der Waals surface area contributed by atoms with Crippen molar-refractivity contribution in [2.24, 2.45) is 5.92 Å². The summed E-state index contributed by atoms with van der Waals surface area (Å²) in [4.78, 5) is 27.9. The third-order valence-electron chi connectivity index (χ3n) is 4.57. The highest BCUT2D eigenvalue weighted by Gasteiger charge is 2.23. The fourth-order valence-corrected chi connectivity index (χ4v) is 3.10. The molecule has 2 amide bonds. The number of carbonyl (C=O) groups excluding carboxylic acids is 2. The maximum atomic E-state index is 12.4. The van der Waals surface area contributed by atoms with Crippen molar-refractivity contribution >= 4 is 17.5 Å². The second kappa shape index (κ2) is 5.88. The Morgan fingerprint density at radius 2 is 1.76 bits per heavy atom. The van der Waals surface area contributed by atoms with Gasteiger partial charge in [0.2, 0.25) is 5.91 Å². The van der Waals surface area contributed by atoms with Gasteiger partial charge in [0, 0.05) is 37.3 Å². The normalized spacial score (nSPS) is 20.1. The van der Waals surface area contributed by atoms with Gasteiger partial charge in [-0.05, 0) is 49.4 Å². The van der Waals surface area contributed by atoms with Crippen LogP contribution in [0.2, 0.25) is 0 Å². The molecule has 4 nitrogen and oxygen atoms in total. The summed E-state index contributed by atoms with van der Waals surface area (Å²) in [7, 11) is 0. The zero-order valence-electron chi connectivity index (χ0n) is 12.5. The van der Waals surface area contributed by atoms with Crippen LogP contribution < -0.4 is 4.90 Å². The molecule has 2 aliphatic heterocycles. The Balaban J connectivity index is 1.69. The molecule has 0 unspecified atom stereocenters. The van der Waals surface area contributed by atoms with Crippen molar-refractivity contribution in [3.8, 4) is 0 Å². The van der Waals surface area contributed by atoms with Crippen molar-refractivity contribution in [2.75, 3.05) is 24.5 Å². The van der Waals surface area contributed by atoms with E-state index < -0.39 is 0 Å². The lowest BCUT2D eigenvalue weighted by Gasteiger charge is -2.30. The van der Waals surface area contributed by atoms with Crippen LogP contribution in [0.4, 0.5) is 5.69 Å². The van der Waals surface area contributed by atoms with Gasteiger partial charge in [0.1, 0.15) is 0 Å². The van der Waals surface area contributed by atoms with Crippen LogP contribution in [0.5, 0.6) is 0 Å². The minimum absolute atomic E-state index is 0.112. The molecule has 2 heterocycles. The molecule has 3 rings (SSSR count). The van der Waals surface area contributed by atoms with Gasteiger partial charge < -0.3 is 9.80 Å². The van der Waals surface area contributed by atoms with Crippen molar-refractivity contribution in [1.82, 2.24) is 4.90 Å². The van der Waals surface area contributed by atoms with Gasteiger partial charge in [-0.3, -0.25) is 9.59 Å². The molecule has 1 aromatic rings. The fourth-order valence-electron chi connectivity index (χ4n) is 3.10. The Hall–Kier alpha value is -1.84. The van der Waals surface area contributed by atoms with Crippen LogP contribution in [0.3, 0.4) is 0 Å². The third kappa shape index (κ3) is 2.94. The molecule has 0 atom stereocenters. The van der Waals surface area contributed by atoms with E-state index >= 15 is 0 Å². The molecule has 4 heteroatoms. The molecule has 1 aromatic carbocycles. The number of nitrogens with zero attached hydrogens (tertiary/aromatic N) is 2. The first-order chi connectivity index (χ1) is 10.1. The van der Waals surface area contributed by atoms with Crippen molar-refractivity contribution in [3.63, 3.8) is 0 Å². The van der Waals surface area contributed by atoms with Crippen LogP contribution in [-0.2, 0) is 4.79 Å². The van der Waals surface area contributed by atoms with E-state index in [2.05, 4.69) is 6.92 Å². The topological polar surface area (TPSA) is 40.6 Å². The summed E-state index contributed by atoms with van der Waals surface area (Å²) >= 11 is 0. The van der Waals surface area contributed by atoms with E-state index in [-0.39, 0.29) is 11.8 Å². The summed E-state index contributed by atoms with van der Waals surface area (Å²) in [6, 6.07) is 7.48. The van der Waals surface area contributed by atoms with Gasteiger partial charge in [0.05, 0.1) is 0 Å². The number of hydrogen-bond acceptors (Lipinski definition) is 2. The van der Waals surface area contributed by atoms with Crippen molar-refractivity contribution in [2.45, 2.75) is 32.6 Å². The molecule has 2 saturated heterocycles. The lowest BCUT2D eigenvalue weighted by molar-refractivity contribution is -0.117. The molecule has 2 fully saturated rings. The summed E-state index contributed by atoms with van der Waals surface area (Å²) in [6.45, 7) is 4.73. The quantitative estimate of drug-likeness (QED) is 0.838. The highest BCUT2D eigenvalue weighted by atomic mass is 16.2. The molecule has 0 aromatic heterocycles. The number of rotatable bonds is 2. The maximum absolute atomic E-state index is 12.4. The van der Waals surface area contributed by atoms with Crippen LogP contribution in [0, 0.1) is 5.92 Å². The largest absolute Gasteiger partial charge is 0.339 e. The highest BCUT2D eigenvalue weighted by molar-refractivity contribution is 5.97. The second-order valence-corrected chi connectivity index (χ2v) is 6.17. The predicted octanol–water partition coefficient (Wildman–Crippen LogP) is 2.69. The minimum atomic E-state index is 0.112. The average molecular weight is 286 g/mol. The van der Waals surface area contributed by atoms with Gasteiger partial charge in [0.15, 0.2) is 0 Å². The SMILES string of the molecule is CC1CCN(C(=O)c2ccc(N3CCCC3=O)cc2)CC1. The monoisotopic (exact) mass is 286 g/mol. The molecule has 0 saturated carbocycles. The van der Waals surface area contributed by atoms with E-state index in [9.17, 15) is 9.59 Å². The molecule has 0 bridgehead atoms. The van der Waals surface area contributed by atoms with Crippen LogP contribution >= 0.6 is 0 Å². The molecular weight excluding hydrogens is 264 g/mol. The highest BCUT2D eigenvalue weighted by Crippen LogP contribution is 2.23. The summed E-state index contributed by atoms with van der Waals surface area (Å²) in [6.07, 6.45) is 3.73. The molecular formula is C17H22N2O2. The van der Waals surface area contributed by atoms with Crippen LogP contribution in [0.25, 0.3) is 0 Å². The molecule has 21 heavy (non-hydrogen) atoms. The van der Waals surface area contributed by atoms with Crippen molar-refractivity contribution < 1.29 is 9.59 Å². The molecule has 112 valence electrons. The van der Waals surface area contributed by atoms with Crippen LogP contribution in [0.15, 0.2) is 24.3 Å². The van der Waals surface area contributed by atoms with E-state index in [0.29, 0.717) is 6.42 Å². The van der Waals surface area contributed by atoms with Gasteiger partial charge in [-0.25, -0.2) is 0 Å². The van der Waals surface area contributed by atoms with Crippen molar-refractivity contribution in [3.05, 3.63) is 29.8 Å². The summed E-state index contributed by atoms with van der Waals surface area (Å²) < 4.78 is 0. The number of piperidine rings is 1. The number of amides is 2. The number of likely N-dealkylation sites (tertiary alicyclic amines) is 1. The molecule has 0 radical (unpaired) electrons. The Bertz CT molecular complexity index is 530. The smallest absolute Gasteiger partial charge is 0.253 e. The molecule has 0 N–H and O–H groups in total. The van der Waals surface area contributed by atoms with E-state index in [1.54, 1.807) is 4.90 Å². The van der Waals surface area contributed by atoms with Crippen LogP contribution in [-0.4, -0.2) is 36.3 Å². The molecule has 0 spiro atoms. The number of anilines is 1. The average Bonchev–Trinajstić information content (AvgIpc) is 2.94. The Morgan fingerprint density at radius 3 is 2.33 bits per heavy atom. The van der Waals surface area contributed by atoms with E-state index in [0.717, 1.165) is 56.1 Å². The summed E-state index contributed by atoms with van der Waals surface area (Å²) in [5.41, 5.74) is 1.63. The zero-order valence-corrected chi connectivity index (χ0v) is 12.5. The molecule has 0 aliphatic carbocycles. The Kier molecular flexibility index (Phi) is 3.95. The minimum Gasteiger partial charge on any atom is -0.339 e. The van der Waals surface area contributed by atoms with Gasteiger partial charge in [-0.2, -0.15) is 0 Å². The van der Waals surface area contributed by atoms with Gasteiger partial charge in [-0.15, -0.1) is 0 Å². The number of benzene rings is 1. The summed E-state index contributed by atoms with van der Waals surface area (Å²) in [5.74, 6) is 1.01. The fraction of sp³-hybridized carbons (Fsp3) is 0.529. The van der Waals surface area contributed by atoms with Gasteiger partial charge >= 0.3 is 0 Å².